The average Bonchev–Trinajstić information content (AvgIpc) is 2.99. The third-order valence-electron chi connectivity index (χ3n) is 10.6. The Kier molecular flexibility index (Phi) is 5.42. The Labute approximate surface area is 175 Å². The number of fused-ring (bicyclic) bond motifs is 5. The van der Waals surface area contributed by atoms with Gasteiger partial charge in [0.25, 0.3) is 0 Å². The Morgan fingerprint density at radius 3 is 2.50 bits per heavy atom. The maximum atomic E-state index is 4.39. The van der Waals surface area contributed by atoms with E-state index in [1.54, 1.807) is 0 Å². The first-order valence-electron chi connectivity index (χ1n) is 12.5. The van der Waals surface area contributed by atoms with E-state index < -0.39 is 0 Å². The van der Waals surface area contributed by atoms with Crippen molar-refractivity contribution in [3.8, 4) is 0 Å². The molecule has 0 aromatic rings. The van der Waals surface area contributed by atoms with Crippen molar-refractivity contribution in [1.29, 1.82) is 0 Å². The van der Waals surface area contributed by atoms with Crippen molar-refractivity contribution < 1.29 is 0 Å². The summed E-state index contributed by atoms with van der Waals surface area (Å²) in [6.45, 7) is 19.3. The van der Waals surface area contributed by atoms with Gasteiger partial charge in [0.05, 0.1) is 0 Å². The molecule has 0 aliphatic heterocycles. The average molecular weight is 383 g/mol. The first-order chi connectivity index (χ1) is 13.2. The first-order valence-corrected chi connectivity index (χ1v) is 12.5. The number of hydrogen-bond acceptors (Lipinski definition) is 0. The smallest absolute Gasteiger partial charge is 0.00851 e. The molecule has 28 heavy (non-hydrogen) atoms. The van der Waals surface area contributed by atoms with Gasteiger partial charge >= 0.3 is 0 Å². The van der Waals surface area contributed by atoms with Gasteiger partial charge in [-0.15, -0.1) is 0 Å². The van der Waals surface area contributed by atoms with E-state index in [4.69, 9.17) is 0 Å². The molecule has 0 aromatic heterocycles. The normalized spacial score (nSPS) is 46.4. The second-order valence-corrected chi connectivity index (χ2v) is 12.3. The third kappa shape index (κ3) is 3.16. The second kappa shape index (κ2) is 7.31. The Hall–Kier alpha value is -0.520. The fourth-order valence-corrected chi connectivity index (χ4v) is 8.54. The van der Waals surface area contributed by atoms with Crippen LogP contribution < -0.4 is 0 Å². The molecule has 8 atom stereocenters. The lowest BCUT2D eigenvalue weighted by Gasteiger charge is -2.58. The fraction of sp³-hybridized carbons (Fsp3) is 0.857. The Morgan fingerprint density at radius 1 is 1.07 bits per heavy atom. The Morgan fingerprint density at radius 2 is 1.82 bits per heavy atom. The van der Waals surface area contributed by atoms with Gasteiger partial charge in [-0.2, -0.15) is 0 Å². The maximum Gasteiger partial charge on any atom is -0.00851 e. The van der Waals surface area contributed by atoms with E-state index >= 15 is 0 Å². The predicted molar refractivity (Wildman–Crippen MR) is 122 cm³/mol. The monoisotopic (exact) mass is 382 g/mol. The molecule has 0 aromatic carbocycles. The lowest BCUT2D eigenvalue weighted by Crippen LogP contribution is -2.50. The van der Waals surface area contributed by atoms with Crippen LogP contribution >= 0.6 is 0 Å². The molecule has 0 saturated heterocycles. The highest BCUT2D eigenvalue weighted by molar-refractivity contribution is 5.26. The van der Waals surface area contributed by atoms with Crippen LogP contribution in [-0.2, 0) is 0 Å². The second-order valence-electron chi connectivity index (χ2n) is 12.3. The predicted octanol–water partition coefficient (Wildman–Crippen LogP) is 8.44. The topological polar surface area (TPSA) is 0 Å². The van der Waals surface area contributed by atoms with Gasteiger partial charge in [-0.1, -0.05) is 58.4 Å². The lowest BCUT2D eigenvalue weighted by molar-refractivity contribution is -0.0401. The van der Waals surface area contributed by atoms with Crippen molar-refractivity contribution in [3.05, 3.63) is 23.8 Å². The Balaban J connectivity index is 1.53. The highest BCUT2D eigenvalue weighted by Crippen LogP contribution is 2.67. The van der Waals surface area contributed by atoms with E-state index in [1.165, 1.54) is 63.4 Å². The van der Waals surface area contributed by atoms with Crippen molar-refractivity contribution in [2.24, 2.45) is 52.3 Å². The molecule has 3 saturated carbocycles. The zero-order valence-electron chi connectivity index (χ0n) is 19.7. The summed E-state index contributed by atoms with van der Waals surface area (Å²) < 4.78 is 0. The molecule has 4 aliphatic rings. The summed E-state index contributed by atoms with van der Waals surface area (Å²) in [6.07, 6.45) is 15.7. The number of rotatable bonds is 4. The molecule has 8 unspecified atom stereocenters. The van der Waals surface area contributed by atoms with Crippen molar-refractivity contribution in [3.63, 3.8) is 0 Å². The Bertz CT molecular complexity index is 638. The van der Waals surface area contributed by atoms with Crippen LogP contribution in [0.1, 0.15) is 99.3 Å². The van der Waals surface area contributed by atoms with E-state index in [9.17, 15) is 0 Å². The van der Waals surface area contributed by atoms with E-state index in [1.807, 2.05) is 5.57 Å². The van der Waals surface area contributed by atoms with Crippen molar-refractivity contribution in [2.75, 3.05) is 0 Å². The first kappa shape index (κ1) is 20.7. The molecule has 3 fully saturated rings. The van der Waals surface area contributed by atoms with Crippen LogP contribution in [-0.4, -0.2) is 0 Å². The van der Waals surface area contributed by atoms with Crippen LogP contribution in [0.2, 0.25) is 0 Å². The SMILES string of the molecule is C=C(C)C1CCC2C3CC=C4CC(CC(C)C(C)C)CCC4(C)C3CCC12C. The molecule has 4 rings (SSSR count). The van der Waals surface area contributed by atoms with Gasteiger partial charge in [-0.3, -0.25) is 0 Å². The minimum atomic E-state index is 0.517. The summed E-state index contributed by atoms with van der Waals surface area (Å²) in [5.74, 6) is 6.28. The van der Waals surface area contributed by atoms with Crippen LogP contribution in [0, 0.1) is 52.3 Å². The molecule has 0 heterocycles. The van der Waals surface area contributed by atoms with E-state index in [-0.39, 0.29) is 0 Å². The minimum Gasteiger partial charge on any atom is -0.0998 e. The molecule has 4 aliphatic carbocycles. The van der Waals surface area contributed by atoms with Gasteiger partial charge in [-0.05, 0) is 117 Å². The number of hydrogen-bond donors (Lipinski definition) is 0. The standard InChI is InChI=1S/C28H46/c1-18(2)20(5)16-21-12-14-27(6)22(17-21)8-9-23-25-11-10-24(19(3)4)28(25,7)15-13-26(23)27/h8,18,20-21,23-26H,3,9-17H2,1-2,4-7H3. The molecule has 0 heteroatoms. The van der Waals surface area contributed by atoms with Gasteiger partial charge in [-0.25, -0.2) is 0 Å². The van der Waals surface area contributed by atoms with Crippen LogP contribution in [0.4, 0.5) is 0 Å². The molecule has 0 radical (unpaired) electrons. The summed E-state index contributed by atoms with van der Waals surface area (Å²) in [6, 6.07) is 0. The van der Waals surface area contributed by atoms with Crippen molar-refractivity contribution in [1.82, 2.24) is 0 Å². The van der Waals surface area contributed by atoms with Gasteiger partial charge in [0.15, 0.2) is 0 Å². The molecular formula is C28H46. The third-order valence-corrected chi connectivity index (χ3v) is 10.6. The highest BCUT2D eigenvalue weighted by atomic mass is 14.6. The van der Waals surface area contributed by atoms with Gasteiger partial charge in [0, 0.05) is 0 Å². The largest absolute Gasteiger partial charge is 0.0998 e. The van der Waals surface area contributed by atoms with Crippen molar-refractivity contribution >= 4 is 0 Å². The van der Waals surface area contributed by atoms with Crippen LogP contribution in [0.25, 0.3) is 0 Å². The number of allylic oxidation sites excluding steroid dienone is 3. The summed E-state index contributed by atoms with van der Waals surface area (Å²) in [5.41, 5.74) is 4.39. The van der Waals surface area contributed by atoms with Crippen LogP contribution in [0.15, 0.2) is 23.8 Å². The fourth-order valence-electron chi connectivity index (χ4n) is 8.54. The molecule has 158 valence electrons. The maximum absolute atomic E-state index is 4.39. The van der Waals surface area contributed by atoms with E-state index in [0.717, 1.165) is 41.4 Å². The quantitative estimate of drug-likeness (QED) is 0.428. The lowest BCUT2D eigenvalue weighted by atomic mass is 9.46. The summed E-state index contributed by atoms with van der Waals surface area (Å²) in [7, 11) is 0. The van der Waals surface area contributed by atoms with Gasteiger partial charge in [0.2, 0.25) is 0 Å². The van der Waals surface area contributed by atoms with Gasteiger partial charge in [0.1, 0.15) is 0 Å². The van der Waals surface area contributed by atoms with Crippen LogP contribution in [0.5, 0.6) is 0 Å². The molecular weight excluding hydrogens is 336 g/mol. The summed E-state index contributed by atoms with van der Waals surface area (Å²) >= 11 is 0. The summed E-state index contributed by atoms with van der Waals surface area (Å²) in [4.78, 5) is 0. The van der Waals surface area contributed by atoms with Gasteiger partial charge < -0.3 is 0 Å². The zero-order valence-corrected chi connectivity index (χ0v) is 19.7. The van der Waals surface area contributed by atoms with Crippen molar-refractivity contribution in [2.45, 2.75) is 99.3 Å². The van der Waals surface area contributed by atoms with E-state index in [2.05, 4.69) is 54.2 Å². The molecule has 0 amide bonds. The minimum absolute atomic E-state index is 0.517. The summed E-state index contributed by atoms with van der Waals surface area (Å²) in [5, 5.41) is 0. The molecule has 0 spiro atoms. The highest BCUT2D eigenvalue weighted by Gasteiger charge is 2.58. The molecule has 0 bridgehead atoms. The molecule has 0 N–H and O–H groups in total. The van der Waals surface area contributed by atoms with Crippen LogP contribution in [0.3, 0.4) is 0 Å². The zero-order chi connectivity index (χ0) is 20.3. The molecule has 0 nitrogen and oxygen atoms in total. The van der Waals surface area contributed by atoms with E-state index in [0.29, 0.717) is 10.8 Å².